The van der Waals surface area contributed by atoms with Crippen LogP contribution in [-0.4, -0.2) is 82.5 Å². The van der Waals surface area contributed by atoms with E-state index in [1.54, 1.807) is 12.1 Å². The van der Waals surface area contributed by atoms with Crippen molar-refractivity contribution in [3.8, 4) is 5.75 Å². The van der Waals surface area contributed by atoms with Crippen molar-refractivity contribution >= 4 is 40.3 Å². The molecule has 12 nitrogen and oxygen atoms in total. The Bertz CT molecular complexity index is 1430. The van der Waals surface area contributed by atoms with Crippen LogP contribution in [0.3, 0.4) is 0 Å². The molecule has 0 radical (unpaired) electrons. The number of nitrogens with two attached hydrogens (primary N) is 1. The molecule has 1 aliphatic carbocycles. The van der Waals surface area contributed by atoms with E-state index in [0.29, 0.717) is 31.6 Å². The van der Waals surface area contributed by atoms with Crippen LogP contribution in [0.15, 0.2) is 42.5 Å². The van der Waals surface area contributed by atoms with Crippen molar-refractivity contribution in [2.75, 3.05) is 13.2 Å². The zero-order valence-corrected chi connectivity index (χ0v) is 27.6. The first-order valence-electron chi connectivity index (χ1n) is 16.6. The van der Waals surface area contributed by atoms with Gasteiger partial charge in [0.2, 0.25) is 17.7 Å². The standard InChI is InChI=1S/C35H49N5O7/c1-35(2,3)39-33(45)27-16-10-18-40(27)34(46)31(43)25(19-22-11-5-4-6-12-22)38-32(44)26(20-29(36)41)37-30(42)21-47-28-17-9-14-23-13-7-8-15-24(23)28/h7-9,13-15,17,22,25-27,31,43H,4-6,10-12,16,18-21H2,1-3H3,(H2,36,41)(H,37,42)(H,38,44)(H,39,45)/t25-,26-,27-,31-/m0/s1. The van der Waals surface area contributed by atoms with Gasteiger partial charge < -0.3 is 36.4 Å². The fourth-order valence-electron chi connectivity index (χ4n) is 6.54. The normalized spacial score (nSPS) is 19.0. The van der Waals surface area contributed by atoms with Gasteiger partial charge in [0.05, 0.1) is 12.5 Å². The predicted octanol–water partition coefficient (Wildman–Crippen LogP) is 2.30. The molecule has 4 atom stereocenters. The Morgan fingerprint density at radius 3 is 2.36 bits per heavy atom. The Labute approximate surface area is 276 Å². The number of aliphatic hydroxyl groups is 1. The van der Waals surface area contributed by atoms with E-state index in [2.05, 4.69) is 16.0 Å². The number of rotatable bonds is 13. The summed E-state index contributed by atoms with van der Waals surface area (Å²) in [4.78, 5) is 66.6. The fourth-order valence-corrected chi connectivity index (χ4v) is 6.54. The number of hydrogen-bond donors (Lipinski definition) is 5. The molecule has 1 saturated carbocycles. The fraction of sp³-hybridized carbons (Fsp3) is 0.571. The number of ether oxygens (including phenoxy) is 1. The highest BCUT2D eigenvalue weighted by atomic mass is 16.5. The summed E-state index contributed by atoms with van der Waals surface area (Å²) in [5.41, 5.74) is 4.95. The molecule has 1 saturated heterocycles. The number of likely N-dealkylation sites (tertiary alicyclic amines) is 1. The molecular weight excluding hydrogens is 602 g/mol. The van der Waals surface area contributed by atoms with Crippen molar-refractivity contribution in [1.29, 1.82) is 0 Å². The zero-order valence-electron chi connectivity index (χ0n) is 27.6. The summed E-state index contributed by atoms with van der Waals surface area (Å²) in [5.74, 6) is -2.50. The number of carbonyl (C=O) groups is 5. The molecule has 256 valence electrons. The van der Waals surface area contributed by atoms with Crippen molar-refractivity contribution in [2.24, 2.45) is 11.7 Å². The van der Waals surface area contributed by atoms with E-state index in [4.69, 9.17) is 10.5 Å². The SMILES string of the molecule is CC(C)(C)NC(=O)[C@@H]1CCCN1C(=O)[C@@H](O)[C@H](CC1CCCCC1)NC(=O)[C@H](CC(N)=O)NC(=O)COc1cccc2ccccc12. The number of aliphatic hydroxyl groups excluding tert-OH is 1. The van der Waals surface area contributed by atoms with Crippen LogP contribution in [0.4, 0.5) is 0 Å². The average molecular weight is 652 g/mol. The van der Waals surface area contributed by atoms with Crippen LogP contribution in [0.25, 0.3) is 10.8 Å². The van der Waals surface area contributed by atoms with Gasteiger partial charge in [-0.3, -0.25) is 24.0 Å². The molecular formula is C35H49N5O7. The van der Waals surface area contributed by atoms with Crippen molar-refractivity contribution in [3.05, 3.63) is 42.5 Å². The van der Waals surface area contributed by atoms with Crippen LogP contribution in [-0.2, 0) is 24.0 Å². The number of primary amides is 1. The van der Waals surface area contributed by atoms with Crippen LogP contribution in [0.1, 0.15) is 78.6 Å². The third kappa shape index (κ3) is 10.1. The number of nitrogens with zero attached hydrogens (tertiary/aromatic N) is 1. The van der Waals surface area contributed by atoms with Gasteiger partial charge in [0.1, 0.15) is 17.8 Å². The smallest absolute Gasteiger partial charge is 0.258 e. The Morgan fingerprint density at radius 2 is 1.66 bits per heavy atom. The second-order valence-corrected chi connectivity index (χ2v) is 13.8. The highest BCUT2D eigenvalue weighted by molar-refractivity contribution is 5.94. The molecule has 2 fully saturated rings. The number of carbonyl (C=O) groups excluding carboxylic acids is 5. The molecule has 12 heteroatoms. The summed E-state index contributed by atoms with van der Waals surface area (Å²) in [6, 6.07) is 9.90. The zero-order chi connectivity index (χ0) is 34.1. The average Bonchev–Trinajstić information content (AvgIpc) is 3.52. The van der Waals surface area contributed by atoms with Crippen LogP contribution in [0.5, 0.6) is 5.75 Å². The number of hydrogen-bond acceptors (Lipinski definition) is 7. The third-order valence-electron chi connectivity index (χ3n) is 8.78. The summed E-state index contributed by atoms with van der Waals surface area (Å²) in [7, 11) is 0. The van der Waals surface area contributed by atoms with Gasteiger partial charge in [-0.2, -0.15) is 0 Å². The molecule has 2 aromatic rings. The van der Waals surface area contributed by atoms with Crippen molar-refractivity contribution in [3.63, 3.8) is 0 Å². The predicted molar refractivity (Wildman–Crippen MR) is 177 cm³/mol. The summed E-state index contributed by atoms with van der Waals surface area (Å²) >= 11 is 0. The molecule has 0 unspecified atom stereocenters. The Balaban J connectivity index is 1.46. The molecule has 5 amide bonds. The van der Waals surface area contributed by atoms with Crippen LogP contribution >= 0.6 is 0 Å². The second kappa shape index (κ2) is 16.1. The molecule has 0 spiro atoms. The highest BCUT2D eigenvalue weighted by Gasteiger charge is 2.41. The largest absolute Gasteiger partial charge is 0.483 e. The lowest BCUT2D eigenvalue weighted by molar-refractivity contribution is -0.148. The van der Waals surface area contributed by atoms with E-state index in [1.165, 1.54) is 4.90 Å². The van der Waals surface area contributed by atoms with Gasteiger partial charge in [-0.05, 0) is 57.4 Å². The first kappa shape index (κ1) is 35.7. The lowest BCUT2D eigenvalue weighted by atomic mass is 9.83. The number of fused-ring (bicyclic) bond motifs is 1. The van der Waals surface area contributed by atoms with E-state index < -0.39 is 66.4 Å². The first-order chi connectivity index (χ1) is 22.3. The van der Waals surface area contributed by atoms with E-state index in [9.17, 15) is 29.1 Å². The number of benzene rings is 2. The molecule has 0 bridgehead atoms. The lowest BCUT2D eigenvalue weighted by Crippen LogP contribution is -2.59. The Morgan fingerprint density at radius 1 is 0.957 bits per heavy atom. The maximum absolute atomic E-state index is 13.7. The molecule has 2 aromatic carbocycles. The summed E-state index contributed by atoms with van der Waals surface area (Å²) in [6.07, 6.45) is 4.16. The van der Waals surface area contributed by atoms with E-state index in [0.717, 1.165) is 42.9 Å². The monoisotopic (exact) mass is 651 g/mol. The van der Waals surface area contributed by atoms with Gasteiger partial charge in [-0.25, -0.2) is 0 Å². The molecule has 1 heterocycles. The van der Waals surface area contributed by atoms with E-state index >= 15 is 0 Å². The third-order valence-corrected chi connectivity index (χ3v) is 8.78. The van der Waals surface area contributed by atoms with Gasteiger partial charge >= 0.3 is 0 Å². The van der Waals surface area contributed by atoms with Crippen molar-refractivity contribution in [1.82, 2.24) is 20.9 Å². The van der Waals surface area contributed by atoms with Crippen molar-refractivity contribution < 1.29 is 33.8 Å². The minimum Gasteiger partial charge on any atom is -0.483 e. The van der Waals surface area contributed by atoms with Gasteiger partial charge in [-0.1, -0.05) is 68.5 Å². The van der Waals surface area contributed by atoms with Gasteiger partial charge in [0.15, 0.2) is 12.7 Å². The number of nitrogens with one attached hydrogen (secondary N) is 3. The maximum atomic E-state index is 13.7. The van der Waals surface area contributed by atoms with Crippen LogP contribution < -0.4 is 26.4 Å². The first-order valence-corrected chi connectivity index (χ1v) is 16.6. The summed E-state index contributed by atoms with van der Waals surface area (Å²) in [5, 5.41) is 21.4. The molecule has 2 aliphatic rings. The quantitative estimate of drug-likeness (QED) is 0.220. The molecule has 47 heavy (non-hydrogen) atoms. The minimum atomic E-state index is -1.64. The topological polar surface area (TPSA) is 180 Å². The minimum absolute atomic E-state index is 0.161. The van der Waals surface area contributed by atoms with Gasteiger partial charge in [-0.15, -0.1) is 0 Å². The Kier molecular flexibility index (Phi) is 12.2. The molecule has 6 N–H and O–H groups in total. The van der Waals surface area contributed by atoms with E-state index in [1.807, 2.05) is 51.1 Å². The van der Waals surface area contributed by atoms with Crippen LogP contribution in [0.2, 0.25) is 0 Å². The lowest BCUT2D eigenvalue weighted by Gasteiger charge is -2.34. The van der Waals surface area contributed by atoms with Crippen molar-refractivity contribution in [2.45, 2.75) is 108 Å². The molecule has 0 aromatic heterocycles. The Hall–Kier alpha value is -4.19. The number of amides is 5. The highest BCUT2D eigenvalue weighted by Crippen LogP contribution is 2.29. The maximum Gasteiger partial charge on any atom is 0.258 e. The summed E-state index contributed by atoms with van der Waals surface area (Å²) < 4.78 is 5.75. The van der Waals surface area contributed by atoms with Crippen LogP contribution in [0, 0.1) is 5.92 Å². The molecule has 1 aliphatic heterocycles. The van der Waals surface area contributed by atoms with Gasteiger partial charge in [0.25, 0.3) is 11.8 Å². The molecule has 4 rings (SSSR count). The van der Waals surface area contributed by atoms with E-state index in [-0.39, 0.29) is 11.8 Å². The second-order valence-electron chi connectivity index (χ2n) is 13.8. The van der Waals surface area contributed by atoms with Gasteiger partial charge in [0, 0.05) is 17.5 Å². The summed E-state index contributed by atoms with van der Waals surface area (Å²) in [6.45, 7) is 5.45.